The maximum absolute atomic E-state index is 13.2. The molecule has 6 nitrogen and oxygen atoms in total. The normalized spacial score (nSPS) is 14.8. The molecule has 0 radical (unpaired) electrons. The molecule has 0 aliphatic carbocycles. The van der Waals surface area contributed by atoms with E-state index in [9.17, 15) is 14.3 Å². The first kappa shape index (κ1) is 29.5. The number of ether oxygens (including phenoxy) is 2. The highest BCUT2D eigenvalue weighted by atomic mass is 19.1. The van der Waals surface area contributed by atoms with E-state index in [-0.39, 0.29) is 5.82 Å². The molecule has 1 N–H and O–H groups in total. The van der Waals surface area contributed by atoms with E-state index in [2.05, 4.69) is 18.7 Å². The van der Waals surface area contributed by atoms with Gasteiger partial charge in [0.25, 0.3) is 0 Å². The van der Waals surface area contributed by atoms with Gasteiger partial charge in [-0.25, -0.2) is 9.18 Å². The van der Waals surface area contributed by atoms with Crippen LogP contribution in [0.15, 0.2) is 48.5 Å². The third-order valence-electron chi connectivity index (χ3n) is 7.42. The molecule has 1 aliphatic rings. The van der Waals surface area contributed by atoms with Crippen molar-refractivity contribution in [3.63, 3.8) is 0 Å². The number of aromatic nitrogens is 1. The van der Waals surface area contributed by atoms with Crippen LogP contribution in [0.2, 0.25) is 0 Å². The number of nitrogens with zero attached hydrogens (tertiary/aromatic N) is 2. The van der Waals surface area contributed by atoms with Crippen LogP contribution in [0.5, 0.6) is 5.75 Å². The zero-order valence-corrected chi connectivity index (χ0v) is 24.6. The molecular formula is C33H41FN2O4. The lowest BCUT2D eigenvalue weighted by Gasteiger charge is -2.46. The average molecular weight is 549 g/mol. The summed E-state index contributed by atoms with van der Waals surface area (Å²) in [6.45, 7) is 16.1. The predicted molar refractivity (Wildman–Crippen MR) is 157 cm³/mol. The minimum atomic E-state index is -1.14. The monoisotopic (exact) mass is 548 g/mol. The van der Waals surface area contributed by atoms with Crippen molar-refractivity contribution in [2.75, 3.05) is 24.6 Å². The molecule has 1 atom stereocenters. The van der Waals surface area contributed by atoms with E-state index in [1.807, 2.05) is 58.9 Å². The number of aliphatic carboxylic acids is 1. The minimum Gasteiger partial charge on any atom is -0.493 e. The van der Waals surface area contributed by atoms with Crippen LogP contribution < -0.4 is 9.64 Å². The van der Waals surface area contributed by atoms with E-state index in [1.54, 1.807) is 12.1 Å². The molecule has 0 spiro atoms. The van der Waals surface area contributed by atoms with E-state index in [4.69, 9.17) is 14.5 Å². The molecule has 4 rings (SSSR count). The Balaban J connectivity index is 1.68. The van der Waals surface area contributed by atoms with Gasteiger partial charge in [0.15, 0.2) is 6.10 Å². The lowest BCUT2D eigenvalue weighted by Crippen LogP contribution is -2.50. The quantitative estimate of drug-likeness (QED) is 0.290. The van der Waals surface area contributed by atoms with Crippen molar-refractivity contribution in [2.45, 2.75) is 66.6 Å². The first-order valence-electron chi connectivity index (χ1n) is 14.0. The lowest BCUT2D eigenvalue weighted by molar-refractivity contribution is -0.160. The molecule has 1 fully saturated rings. The van der Waals surface area contributed by atoms with Gasteiger partial charge in [-0.3, -0.25) is 4.98 Å². The van der Waals surface area contributed by atoms with Crippen molar-refractivity contribution in [3.8, 4) is 16.9 Å². The lowest BCUT2D eigenvalue weighted by atomic mass is 9.85. The highest BCUT2D eigenvalue weighted by Crippen LogP contribution is 2.45. The van der Waals surface area contributed by atoms with Crippen LogP contribution in [0.25, 0.3) is 11.1 Å². The number of pyridine rings is 1. The summed E-state index contributed by atoms with van der Waals surface area (Å²) in [6.07, 6.45) is -0.471. The molecule has 2 heterocycles. The topological polar surface area (TPSA) is 71.9 Å². The van der Waals surface area contributed by atoms with Crippen LogP contribution in [0.4, 0.5) is 10.1 Å². The number of carboxylic acids is 1. The number of rotatable bonds is 10. The van der Waals surface area contributed by atoms with Crippen LogP contribution in [-0.4, -0.2) is 41.4 Å². The Hall–Kier alpha value is -3.45. The third kappa shape index (κ3) is 6.81. The number of carbonyl (C=O) groups is 1. The second-order valence-electron chi connectivity index (χ2n) is 12.0. The molecule has 1 aliphatic heterocycles. The van der Waals surface area contributed by atoms with Crippen LogP contribution >= 0.6 is 0 Å². The Morgan fingerprint density at radius 2 is 1.68 bits per heavy atom. The molecule has 0 bridgehead atoms. The minimum absolute atomic E-state index is 0.249. The number of hydrogen-bond acceptors (Lipinski definition) is 5. The van der Waals surface area contributed by atoms with E-state index in [1.165, 1.54) is 12.1 Å². The molecule has 0 amide bonds. The summed E-state index contributed by atoms with van der Waals surface area (Å²) in [4.78, 5) is 19.7. The van der Waals surface area contributed by atoms with E-state index in [0.717, 1.165) is 46.9 Å². The predicted octanol–water partition coefficient (Wildman–Crippen LogP) is 7.16. The molecule has 2 aromatic carbocycles. The van der Waals surface area contributed by atoms with Crippen molar-refractivity contribution < 1.29 is 23.8 Å². The molecule has 214 valence electrons. The third-order valence-corrected chi connectivity index (χ3v) is 7.42. The Kier molecular flexibility index (Phi) is 8.83. The molecule has 40 heavy (non-hydrogen) atoms. The molecule has 1 saturated heterocycles. The van der Waals surface area contributed by atoms with Gasteiger partial charge in [-0.15, -0.1) is 0 Å². The molecule has 3 aromatic rings. The standard InChI is InChI=1S/C33H41FN2O4/c1-20(2)25-18-36(19-25)30-28(21(3)35-22(4)29(30)31(32(37)38)40-33(5,6)7)24-10-14-27(15-11-24)39-17-16-23-8-12-26(34)13-9-23/h8-15,20,25,31H,16-19H2,1-7H3,(H,37,38). The van der Waals surface area contributed by atoms with E-state index < -0.39 is 17.7 Å². The summed E-state index contributed by atoms with van der Waals surface area (Å²) in [5.74, 6) is 0.537. The maximum Gasteiger partial charge on any atom is 0.337 e. The van der Waals surface area contributed by atoms with E-state index >= 15 is 0 Å². The van der Waals surface area contributed by atoms with Crippen LogP contribution in [0, 0.1) is 31.5 Å². The molecule has 1 unspecified atom stereocenters. The fourth-order valence-corrected chi connectivity index (χ4v) is 5.19. The SMILES string of the molecule is Cc1nc(C)c(C(OC(C)(C)C)C(=O)O)c(N2CC(C(C)C)C2)c1-c1ccc(OCCc2ccc(F)cc2)cc1. The first-order chi connectivity index (χ1) is 18.8. The van der Waals surface area contributed by atoms with Gasteiger partial charge < -0.3 is 19.5 Å². The average Bonchev–Trinajstić information content (AvgIpc) is 2.83. The highest BCUT2D eigenvalue weighted by molar-refractivity contribution is 5.88. The van der Waals surface area contributed by atoms with Crippen LogP contribution in [0.1, 0.15) is 63.2 Å². The summed E-state index contributed by atoms with van der Waals surface area (Å²) in [5, 5.41) is 10.3. The number of aryl methyl sites for hydroxylation is 2. The van der Waals surface area contributed by atoms with Crippen molar-refractivity contribution in [3.05, 3.63) is 76.9 Å². The van der Waals surface area contributed by atoms with Gasteiger partial charge in [0.1, 0.15) is 11.6 Å². The summed E-state index contributed by atoms with van der Waals surface area (Å²) in [7, 11) is 0. The maximum atomic E-state index is 13.2. The summed E-state index contributed by atoms with van der Waals surface area (Å²) in [5.41, 5.74) is 5.24. The van der Waals surface area contributed by atoms with Gasteiger partial charge >= 0.3 is 5.97 Å². The molecule has 7 heteroatoms. The van der Waals surface area contributed by atoms with Gasteiger partial charge in [0.2, 0.25) is 0 Å². The summed E-state index contributed by atoms with van der Waals surface area (Å²) >= 11 is 0. The smallest absolute Gasteiger partial charge is 0.337 e. The van der Waals surface area contributed by atoms with Crippen LogP contribution in [-0.2, 0) is 16.0 Å². The first-order valence-corrected chi connectivity index (χ1v) is 14.0. The van der Waals surface area contributed by atoms with Gasteiger partial charge in [0, 0.05) is 42.0 Å². The van der Waals surface area contributed by atoms with Crippen molar-refractivity contribution in [2.24, 2.45) is 11.8 Å². The fraction of sp³-hybridized carbons (Fsp3) is 0.455. The number of hydrogen-bond donors (Lipinski definition) is 1. The molecular weight excluding hydrogens is 507 g/mol. The zero-order valence-electron chi connectivity index (χ0n) is 24.6. The Morgan fingerprint density at radius 1 is 1.05 bits per heavy atom. The molecule has 1 aromatic heterocycles. The number of halogens is 1. The summed E-state index contributed by atoms with van der Waals surface area (Å²) < 4.78 is 25.3. The Labute approximate surface area is 237 Å². The number of carboxylic acid groups (broad SMARTS) is 1. The second kappa shape index (κ2) is 12.0. The fourth-order valence-electron chi connectivity index (χ4n) is 5.19. The van der Waals surface area contributed by atoms with Crippen molar-refractivity contribution in [1.29, 1.82) is 0 Å². The summed E-state index contributed by atoms with van der Waals surface area (Å²) in [6, 6.07) is 14.3. The van der Waals surface area contributed by atoms with Crippen LogP contribution in [0.3, 0.4) is 0 Å². The highest BCUT2D eigenvalue weighted by Gasteiger charge is 2.38. The largest absolute Gasteiger partial charge is 0.493 e. The van der Waals surface area contributed by atoms with E-state index in [0.29, 0.717) is 36.1 Å². The number of benzene rings is 2. The zero-order chi connectivity index (χ0) is 29.2. The van der Waals surface area contributed by atoms with Gasteiger partial charge in [-0.1, -0.05) is 38.1 Å². The Bertz CT molecular complexity index is 1320. The van der Waals surface area contributed by atoms with Crippen molar-refractivity contribution >= 4 is 11.7 Å². The van der Waals surface area contributed by atoms with Crippen molar-refractivity contribution in [1.82, 2.24) is 4.98 Å². The van der Waals surface area contributed by atoms with Gasteiger partial charge in [-0.05, 0) is 81.8 Å². The Morgan fingerprint density at radius 3 is 2.23 bits per heavy atom. The van der Waals surface area contributed by atoms with Gasteiger partial charge in [-0.2, -0.15) is 0 Å². The molecule has 0 saturated carbocycles. The second-order valence-corrected chi connectivity index (χ2v) is 12.0. The number of anilines is 1. The van der Waals surface area contributed by atoms with Gasteiger partial charge in [0.05, 0.1) is 17.9 Å².